The molecule has 1 aliphatic rings. The molecule has 0 radical (unpaired) electrons. The van der Waals surface area contributed by atoms with Crippen LogP contribution in [0.15, 0.2) is 4.99 Å². The van der Waals surface area contributed by atoms with Crippen molar-refractivity contribution in [3.8, 4) is 0 Å². The first kappa shape index (κ1) is 16.7. The van der Waals surface area contributed by atoms with Crippen molar-refractivity contribution < 1.29 is 0 Å². The summed E-state index contributed by atoms with van der Waals surface area (Å²) in [6, 6.07) is 0. The van der Waals surface area contributed by atoms with Crippen molar-refractivity contribution in [1.29, 1.82) is 0 Å². The van der Waals surface area contributed by atoms with E-state index in [-0.39, 0.29) is 12.4 Å². The lowest BCUT2D eigenvalue weighted by atomic mass is 10.2. The van der Waals surface area contributed by atoms with Crippen LogP contribution in [0.4, 0.5) is 0 Å². The van der Waals surface area contributed by atoms with Gasteiger partial charge in [-0.25, -0.2) is 0 Å². The molecule has 0 fully saturated rings. The lowest BCUT2D eigenvalue weighted by Gasteiger charge is -2.08. The molecule has 0 spiro atoms. The minimum Gasteiger partial charge on any atom is -0.374 e. The lowest BCUT2D eigenvalue weighted by Crippen LogP contribution is -2.28. The highest BCUT2D eigenvalue weighted by Gasteiger charge is 2.02. The fourth-order valence-electron chi connectivity index (χ4n) is 1.82. The summed E-state index contributed by atoms with van der Waals surface area (Å²) in [7, 11) is 0. The molecule has 0 bridgehead atoms. The predicted octanol–water partition coefficient (Wildman–Crippen LogP) is 1.30. The second-order valence-corrected chi connectivity index (χ2v) is 4.31. The van der Waals surface area contributed by atoms with E-state index >= 15 is 0 Å². The molecule has 0 aromatic carbocycles. The topological polar surface area (TPSA) is 62.4 Å². The van der Waals surface area contributed by atoms with Crippen molar-refractivity contribution in [3.05, 3.63) is 0 Å². The molecule has 1 aliphatic heterocycles. The highest BCUT2D eigenvalue weighted by molar-refractivity contribution is 5.85. The molecule has 1 rings (SSSR count). The molecule has 1 heterocycles. The maximum atomic E-state index is 5.41. The molecule has 0 aliphatic carbocycles. The highest BCUT2D eigenvalue weighted by Crippen LogP contribution is 2.05. The van der Waals surface area contributed by atoms with Gasteiger partial charge in [-0.2, -0.15) is 0 Å². The summed E-state index contributed by atoms with van der Waals surface area (Å²) in [4.78, 5) is 4.54. The maximum Gasteiger partial charge on any atom is 0.0963 e. The second-order valence-electron chi connectivity index (χ2n) is 4.31. The Morgan fingerprint density at radius 3 is 2.71 bits per heavy atom. The Hall–Kier alpha value is -0.320. The number of nitrogens with two attached hydrogens (primary N) is 1. The first-order chi connectivity index (χ1) is 7.93. The molecule has 4 N–H and O–H groups in total. The average Bonchev–Trinajstić information content (AvgIpc) is 2.56. The summed E-state index contributed by atoms with van der Waals surface area (Å²) < 4.78 is 0. The molecule has 5 heteroatoms. The zero-order valence-corrected chi connectivity index (χ0v) is 11.5. The molecule has 0 saturated carbocycles. The van der Waals surface area contributed by atoms with Gasteiger partial charge >= 0.3 is 0 Å². The van der Waals surface area contributed by atoms with Crippen LogP contribution in [0.2, 0.25) is 0 Å². The van der Waals surface area contributed by atoms with Crippen molar-refractivity contribution in [2.75, 3.05) is 32.7 Å². The maximum absolute atomic E-state index is 5.41. The number of hydrogen-bond acceptors (Lipinski definition) is 4. The molecule has 0 aromatic rings. The van der Waals surface area contributed by atoms with Crippen LogP contribution in [0.3, 0.4) is 0 Å². The second kappa shape index (κ2) is 12.1. The summed E-state index contributed by atoms with van der Waals surface area (Å²) >= 11 is 0. The van der Waals surface area contributed by atoms with Crippen molar-refractivity contribution in [3.63, 3.8) is 0 Å². The van der Waals surface area contributed by atoms with Gasteiger partial charge in [-0.05, 0) is 45.3 Å². The Balaban J connectivity index is 0.00000256. The summed E-state index contributed by atoms with van der Waals surface area (Å²) in [5.74, 6) is 1.22. The zero-order valence-electron chi connectivity index (χ0n) is 10.7. The number of hydrogen-bond donors (Lipinski definition) is 3. The van der Waals surface area contributed by atoms with Gasteiger partial charge in [0.25, 0.3) is 0 Å². The monoisotopic (exact) mass is 262 g/mol. The van der Waals surface area contributed by atoms with E-state index in [4.69, 9.17) is 5.73 Å². The molecule has 0 saturated heterocycles. The normalized spacial score (nSPS) is 15.7. The van der Waals surface area contributed by atoms with Crippen LogP contribution in [0.5, 0.6) is 0 Å². The minimum atomic E-state index is 0. The third-order valence-electron chi connectivity index (χ3n) is 2.79. The van der Waals surface area contributed by atoms with E-state index < -0.39 is 0 Å². The number of aliphatic imine (C=N–C) groups is 1. The van der Waals surface area contributed by atoms with E-state index in [1.165, 1.54) is 25.1 Å². The third kappa shape index (κ3) is 9.39. The van der Waals surface area contributed by atoms with E-state index in [2.05, 4.69) is 15.6 Å². The van der Waals surface area contributed by atoms with E-state index in [9.17, 15) is 0 Å². The van der Waals surface area contributed by atoms with Crippen molar-refractivity contribution >= 4 is 18.2 Å². The van der Waals surface area contributed by atoms with Gasteiger partial charge in [-0.15, -0.1) is 12.4 Å². The summed E-state index contributed by atoms with van der Waals surface area (Å²) in [5.41, 5.74) is 5.41. The van der Waals surface area contributed by atoms with Gasteiger partial charge in [0.05, 0.1) is 5.84 Å². The highest BCUT2D eigenvalue weighted by atomic mass is 35.5. The number of rotatable bonds is 7. The minimum absolute atomic E-state index is 0. The standard InChI is InChI=1S/C12H26N4.ClH/c13-7-4-8-14-9-5-11-16-12-6-2-1-3-10-15-12;/h14H,1-11,13H2,(H,15,16);1H. The third-order valence-corrected chi connectivity index (χ3v) is 2.79. The van der Waals surface area contributed by atoms with Crippen LogP contribution in [0.1, 0.15) is 38.5 Å². The largest absolute Gasteiger partial charge is 0.374 e. The Kier molecular flexibility index (Phi) is 11.9. The van der Waals surface area contributed by atoms with E-state index in [1.807, 2.05) is 0 Å². The van der Waals surface area contributed by atoms with Crippen LogP contribution in [0, 0.1) is 0 Å². The van der Waals surface area contributed by atoms with Gasteiger partial charge in [0.2, 0.25) is 0 Å². The molecule has 0 unspecified atom stereocenters. The van der Waals surface area contributed by atoms with Crippen LogP contribution in [-0.2, 0) is 0 Å². The smallest absolute Gasteiger partial charge is 0.0963 e. The average molecular weight is 263 g/mol. The molecule has 102 valence electrons. The first-order valence-electron chi connectivity index (χ1n) is 6.61. The summed E-state index contributed by atoms with van der Waals surface area (Å²) in [6.07, 6.45) is 7.24. The van der Waals surface area contributed by atoms with Crippen LogP contribution in [-0.4, -0.2) is 38.6 Å². The molecule has 0 aromatic heterocycles. The Morgan fingerprint density at radius 1 is 1.06 bits per heavy atom. The Bertz CT molecular complexity index is 197. The Morgan fingerprint density at radius 2 is 1.88 bits per heavy atom. The number of nitrogens with zero attached hydrogens (tertiary/aromatic N) is 1. The quantitative estimate of drug-likeness (QED) is 0.606. The van der Waals surface area contributed by atoms with Crippen LogP contribution in [0.25, 0.3) is 0 Å². The number of nitrogens with one attached hydrogen (secondary N) is 2. The fraction of sp³-hybridized carbons (Fsp3) is 0.917. The van der Waals surface area contributed by atoms with Crippen molar-refractivity contribution in [2.24, 2.45) is 10.7 Å². The van der Waals surface area contributed by atoms with E-state index in [0.29, 0.717) is 0 Å². The van der Waals surface area contributed by atoms with E-state index in [1.54, 1.807) is 0 Å². The summed E-state index contributed by atoms with van der Waals surface area (Å²) in [5, 5.41) is 6.81. The number of halogens is 1. The van der Waals surface area contributed by atoms with Crippen molar-refractivity contribution in [2.45, 2.75) is 38.5 Å². The van der Waals surface area contributed by atoms with Gasteiger partial charge in [0.15, 0.2) is 0 Å². The molecule has 0 atom stereocenters. The van der Waals surface area contributed by atoms with Crippen LogP contribution >= 0.6 is 12.4 Å². The molecular formula is C12H27ClN4. The van der Waals surface area contributed by atoms with Crippen molar-refractivity contribution in [1.82, 2.24) is 10.6 Å². The Labute approximate surface area is 111 Å². The van der Waals surface area contributed by atoms with E-state index in [0.717, 1.165) is 52.0 Å². The fourth-order valence-corrected chi connectivity index (χ4v) is 1.82. The first-order valence-corrected chi connectivity index (χ1v) is 6.61. The number of amidine groups is 1. The molecule has 17 heavy (non-hydrogen) atoms. The predicted molar refractivity (Wildman–Crippen MR) is 77.2 cm³/mol. The summed E-state index contributed by atoms with van der Waals surface area (Å²) in [6.45, 7) is 4.94. The van der Waals surface area contributed by atoms with Gasteiger partial charge < -0.3 is 16.4 Å². The van der Waals surface area contributed by atoms with Gasteiger partial charge in [0.1, 0.15) is 0 Å². The zero-order chi connectivity index (χ0) is 11.5. The van der Waals surface area contributed by atoms with Gasteiger partial charge in [-0.3, -0.25) is 4.99 Å². The SMILES string of the molecule is Cl.NCCCNCCCNC1=NCCCCC1. The van der Waals surface area contributed by atoms with Crippen LogP contribution < -0.4 is 16.4 Å². The molecule has 4 nitrogen and oxygen atoms in total. The lowest BCUT2D eigenvalue weighted by molar-refractivity contribution is 0.619. The van der Waals surface area contributed by atoms with Gasteiger partial charge in [0, 0.05) is 19.5 Å². The molecular weight excluding hydrogens is 236 g/mol. The van der Waals surface area contributed by atoms with Gasteiger partial charge in [-0.1, -0.05) is 6.42 Å². The molecule has 0 amide bonds.